The van der Waals surface area contributed by atoms with Gasteiger partial charge in [-0.25, -0.2) is 19.2 Å². The fourth-order valence-corrected chi connectivity index (χ4v) is 0.490. The molecule has 0 fully saturated rings. The molecule has 0 radical (unpaired) electrons. The summed E-state index contributed by atoms with van der Waals surface area (Å²) < 4.78 is 4.56. The molecule has 0 spiro atoms. The maximum Gasteiger partial charge on any atom is 0.402 e. The van der Waals surface area contributed by atoms with Gasteiger partial charge in [0.1, 0.15) is 0 Å². The van der Waals surface area contributed by atoms with Crippen LogP contribution < -0.4 is 11.5 Å². The van der Waals surface area contributed by atoms with Gasteiger partial charge in [0.05, 0.1) is 24.0 Å². The summed E-state index contributed by atoms with van der Waals surface area (Å²) in [5, 5.41) is 47.3. The van der Waals surface area contributed by atoms with E-state index in [1.807, 2.05) is 0 Å². The van der Waals surface area contributed by atoms with Crippen LogP contribution >= 0.6 is 0 Å². The van der Waals surface area contributed by atoms with Gasteiger partial charge in [0.15, 0.2) is 0 Å². The van der Waals surface area contributed by atoms with E-state index >= 15 is 0 Å². The van der Waals surface area contributed by atoms with Crippen molar-refractivity contribution in [1.29, 1.82) is 0 Å². The molecule has 2 amide bonds. The molecule has 0 rings (SSSR count). The number of primary amides is 2. The maximum absolute atomic E-state index is 11.4. The molecular weight excluding hydrogens is 452 g/mol. The van der Waals surface area contributed by atoms with Crippen molar-refractivity contribution < 1.29 is 64.1 Å². The number of rotatable bonds is 6. The van der Waals surface area contributed by atoms with Gasteiger partial charge < -0.3 is 46.8 Å². The Hall–Kier alpha value is -3.98. The monoisotopic (exact) mass is 484 g/mol. The first-order valence-electron chi connectivity index (χ1n) is 8.34. The van der Waals surface area contributed by atoms with Crippen LogP contribution in [0.15, 0.2) is 25.3 Å². The minimum atomic E-state index is -1.33. The van der Waals surface area contributed by atoms with Crippen LogP contribution in [-0.2, 0) is 23.9 Å². The first kappa shape index (κ1) is 39.5. The second-order valence-electron chi connectivity index (χ2n) is 6.52. The zero-order valence-corrected chi connectivity index (χ0v) is 18.7. The largest absolute Gasteiger partial charge is 0.478 e. The Morgan fingerprint density at radius 1 is 0.697 bits per heavy atom. The summed E-state index contributed by atoms with van der Waals surface area (Å²) in [6.45, 7) is 11.0. The van der Waals surface area contributed by atoms with Gasteiger partial charge in [-0.2, -0.15) is 0 Å². The van der Waals surface area contributed by atoms with Crippen molar-refractivity contribution in [3.8, 4) is 0 Å². The number of carbonyl (C=O) groups is 6. The highest BCUT2D eigenvalue weighted by atomic mass is 16.6. The van der Waals surface area contributed by atoms with Gasteiger partial charge >= 0.3 is 36.1 Å². The highest BCUT2D eigenvalue weighted by Gasteiger charge is 2.36. The quantitative estimate of drug-likeness (QED) is 0.138. The van der Waals surface area contributed by atoms with E-state index in [2.05, 4.69) is 29.4 Å². The number of hydrogen-bond donors (Lipinski definition) is 8. The van der Waals surface area contributed by atoms with Gasteiger partial charge in [-0.15, -0.1) is 0 Å². The molecule has 15 nitrogen and oxygen atoms in total. The molecule has 0 aliphatic carbocycles. The molecule has 0 bridgehead atoms. The van der Waals surface area contributed by atoms with Gasteiger partial charge in [-0.1, -0.05) is 13.2 Å². The van der Waals surface area contributed by atoms with Crippen molar-refractivity contribution in [2.75, 3.05) is 13.2 Å². The summed E-state index contributed by atoms with van der Waals surface area (Å²) in [6, 6.07) is 0. The summed E-state index contributed by atoms with van der Waals surface area (Å²) >= 11 is 0. The van der Waals surface area contributed by atoms with E-state index in [1.165, 1.54) is 27.7 Å². The van der Waals surface area contributed by atoms with Crippen molar-refractivity contribution in [3.05, 3.63) is 25.3 Å². The molecule has 0 saturated heterocycles. The predicted octanol–water partition coefficient (Wildman–Crippen LogP) is -0.147. The number of hydrogen-bond acceptors (Lipinski definition) is 9. The molecule has 0 aromatic rings. The molecule has 0 aromatic heterocycles. The fourth-order valence-electron chi connectivity index (χ4n) is 0.490. The molecule has 0 saturated carbocycles. The van der Waals surface area contributed by atoms with Crippen LogP contribution in [0.25, 0.3) is 0 Å². The predicted molar refractivity (Wildman–Crippen MR) is 113 cm³/mol. The first-order chi connectivity index (χ1) is 14.7. The lowest BCUT2D eigenvalue weighted by molar-refractivity contribution is -0.174. The number of nitrogens with two attached hydrogens (primary N) is 2. The van der Waals surface area contributed by atoms with Crippen LogP contribution in [-0.4, -0.2) is 79.9 Å². The molecule has 0 atom stereocenters. The van der Waals surface area contributed by atoms with Crippen LogP contribution in [0.4, 0.5) is 9.59 Å². The Bertz CT molecular complexity index is 606. The van der Waals surface area contributed by atoms with E-state index in [0.717, 1.165) is 12.2 Å². The highest BCUT2D eigenvalue weighted by molar-refractivity contribution is 5.91. The molecule has 0 unspecified atom stereocenters. The lowest BCUT2D eigenvalue weighted by Gasteiger charge is -2.23. The van der Waals surface area contributed by atoms with E-state index in [0.29, 0.717) is 0 Å². The van der Waals surface area contributed by atoms with Crippen molar-refractivity contribution in [3.63, 3.8) is 0 Å². The SMILES string of the molecule is C=CC(=O)O.C=CC(=O)O.CC(C)(CO)C(=O)OC(=O)C(C)(C)CO.NC(=O)O.NC(=O)O. The third kappa shape index (κ3) is 39.1. The Morgan fingerprint density at radius 2 is 0.848 bits per heavy atom. The number of aliphatic carboxylic acids is 2. The number of carboxylic acid groups (broad SMARTS) is 4. The number of aliphatic hydroxyl groups excluding tert-OH is 2. The Kier molecular flexibility index (Phi) is 25.4. The standard InChI is InChI=1S/C10H18O5.2C3H4O2.2CH3NO2/c1-9(2,5-11)7(13)15-8(14)10(3,4)6-12;2*1-2-3(4)5;2*2-1(3)4/h11-12H,5-6H2,1-4H3;2*2H,1H2,(H,4,5);2*2H2,(H,3,4). The van der Waals surface area contributed by atoms with Crippen molar-refractivity contribution in [2.24, 2.45) is 22.3 Å². The molecule has 0 aromatic carbocycles. The zero-order valence-electron chi connectivity index (χ0n) is 18.7. The number of carbonyl (C=O) groups excluding carboxylic acids is 2. The van der Waals surface area contributed by atoms with Gasteiger partial charge in [-0.05, 0) is 27.7 Å². The molecule has 0 heterocycles. The molecular formula is C18H32N2O13. The van der Waals surface area contributed by atoms with E-state index < -0.39 is 60.1 Å². The van der Waals surface area contributed by atoms with Crippen LogP contribution in [0.1, 0.15) is 27.7 Å². The summed E-state index contributed by atoms with van der Waals surface area (Å²) in [7, 11) is 0. The molecule has 10 N–H and O–H groups in total. The minimum Gasteiger partial charge on any atom is -0.478 e. The zero-order chi connectivity index (χ0) is 28.0. The van der Waals surface area contributed by atoms with Crippen LogP contribution in [0, 0.1) is 10.8 Å². The van der Waals surface area contributed by atoms with E-state index in [4.69, 9.17) is 40.2 Å². The second kappa shape index (κ2) is 21.3. The van der Waals surface area contributed by atoms with Crippen LogP contribution in [0.5, 0.6) is 0 Å². The van der Waals surface area contributed by atoms with E-state index in [9.17, 15) is 19.2 Å². The summed E-state index contributed by atoms with van der Waals surface area (Å²) in [5.74, 6) is -3.55. The highest BCUT2D eigenvalue weighted by Crippen LogP contribution is 2.21. The Balaban J connectivity index is -0.000000119. The molecule has 192 valence electrons. The molecule has 15 heteroatoms. The van der Waals surface area contributed by atoms with Gasteiger partial charge in [0, 0.05) is 12.2 Å². The number of ether oxygens (including phenoxy) is 1. The Labute approximate surface area is 189 Å². The topological polar surface area (TPSA) is 285 Å². The summed E-state index contributed by atoms with van der Waals surface area (Å²) in [4.78, 5) is 58.8. The lowest BCUT2D eigenvalue weighted by atomic mass is 9.93. The number of esters is 2. The summed E-state index contributed by atoms with van der Waals surface area (Å²) in [5.41, 5.74) is 5.84. The number of carboxylic acids is 2. The Morgan fingerprint density at radius 3 is 0.939 bits per heavy atom. The first-order valence-corrected chi connectivity index (χ1v) is 8.34. The fraction of sp³-hybridized carbons (Fsp3) is 0.444. The van der Waals surface area contributed by atoms with Crippen LogP contribution in [0.3, 0.4) is 0 Å². The molecule has 0 aliphatic rings. The van der Waals surface area contributed by atoms with E-state index in [1.54, 1.807) is 0 Å². The minimum absolute atomic E-state index is 0.404. The van der Waals surface area contributed by atoms with Gasteiger partial charge in [0.25, 0.3) is 0 Å². The number of amides is 2. The third-order valence-electron chi connectivity index (χ3n) is 2.43. The number of aliphatic hydroxyl groups is 2. The normalized spacial score (nSPS) is 9.03. The lowest BCUT2D eigenvalue weighted by Crippen LogP contribution is -2.38. The average Bonchev–Trinajstić information content (AvgIpc) is 2.67. The maximum atomic E-state index is 11.4. The van der Waals surface area contributed by atoms with Crippen molar-refractivity contribution >= 4 is 36.1 Å². The molecule has 33 heavy (non-hydrogen) atoms. The average molecular weight is 484 g/mol. The van der Waals surface area contributed by atoms with Gasteiger partial charge in [0.2, 0.25) is 0 Å². The molecule has 0 aliphatic heterocycles. The van der Waals surface area contributed by atoms with Crippen LogP contribution in [0.2, 0.25) is 0 Å². The second-order valence-corrected chi connectivity index (χ2v) is 6.52. The third-order valence-corrected chi connectivity index (χ3v) is 2.43. The van der Waals surface area contributed by atoms with Gasteiger partial charge in [-0.3, -0.25) is 9.59 Å². The van der Waals surface area contributed by atoms with Crippen molar-refractivity contribution in [1.82, 2.24) is 0 Å². The summed E-state index contributed by atoms with van der Waals surface area (Å²) in [6.07, 6.45) is -1.00. The van der Waals surface area contributed by atoms with E-state index in [-0.39, 0.29) is 0 Å². The van der Waals surface area contributed by atoms with Crippen molar-refractivity contribution in [2.45, 2.75) is 27.7 Å². The smallest absolute Gasteiger partial charge is 0.402 e.